The van der Waals surface area contributed by atoms with Crippen molar-refractivity contribution in [2.24, 2.45) is 0 Å². The Morgan fingerprint density at radius 2 is 0.553 bits per heavy atom. The molecule has 0 aromatic heterocycles. The van der Waals surface area contributed by atoms with Gasteiger partial charge in [-0.3, -0.25) is 4.79 Å². The van der Waals surface area contributed by atoms with E-state index in [1.54, 1.807) is 6.08 Å². The molecule has 76 heavy (non-hydrogen) atoms. The van der Waals surface area contributed by atoms with Crippen molar-refractivity contribution in [3.63, 3.8) is 0 Å². The highest BCUT2D eigenvalue weighted by Gasteiger charge is 2.18. The van der Waals surface area contributed by atoms with Crippen LogP contribution in [-0.4, -0.2) is 34.9 Å². The van der Waals surface area contributed by atoms with Crippen molar-refractivity contribution >= 4 is 5.91 Å². The first-order chi connectivity index (χ1) is 37.7. The predicted octanol–water partition coefficient (Wildman–Crippen LogP) is 23.5. The highest BCUT2D eigenvalue weighted by Crippen LogP contribution is 2.18. The van der Waals surface area contributed by atoms with Gasteiger partial charge in [-0.2, -0.15) is 0 Å². The van der Waals surface area contributed by atoms with Crippen molar-refractivity contribution in [2.75, 3.05) is 6.61 Å². The molecule has 2 atom stereocenters. The number of aliphatic hydroxyl groups is 2. The highest BCUT2D eigenvalue weighted by atomic mass is 16.3. The van der Waals surface area contributed by atoms with Crippen molar-refractivity contribution in [2.45, 2.75) is 386 Å². The molecule has 0 aliphatic rings. The van der Waals surface area contributed by atoms with Crippen LogP contribution in [0.5, 0.6) is 0 Å². The number of hydrogen-bond donors (Lipinski definition) is 3. The van der Waals surface area contributed by atoms with Crippen molar-refractivity contribution in [1.82, 2.24) is 5.32 Å². The summed E-state index contributed by atoms with van der Waals surface area (Å²) in [5.74, 6) is -0.0726. The average Bonchev–Trinajstić information content (AvgIpc) is 3.42. The maximum absolute atomic E-state index is 12.5. The van der Waals surface area contributed by atoms with E-state index in [9.17, 15) is 15.0 Å². The summed E-state index contributed by atoms with van der Waals surface area (Å²) in [7, 11) is 0. The van der Waals surface area contributed by atoms with E-state index in [0.717, 1.165) is 44.9 Å². The molecule has 0 spiro atoms. The van der Waals surface area contributed by atoms with Crippen LogP contribution in [0.3, 0.4) is 0 Å². The number of carbonyl (C=O) groups is 1. The van der Waals surface area contributed by atoms with Crippen LogP contribution in [0.4, 0.5) is 0 Å². The summed E-state index contributed by atoms with van der Waals surface area (Å²) in [6, 6.07) is -0.648. The summed E-state index contributed by atoms with van der Waals surface area (Å²) in [4.78, 5) is 12.5. The van der Waals surface area contributed by atoms with Gasteiger partial charge in [-0.05, 0) is 77.0 Å². The zero-order chi connectivity index (χ0) is 54.8. The summed E-state index contributed by atoms with van der Waals surface area (Å²) in [5, 5.41) is 23.3. The van der Waals surface area contributed by atoms with Gasteiger partial charge in [0.15, 0.2) is 0 Å². The number of allylic oxidation sites excluding steroid dienone is 9. The van der Waals surface area contributed by atoms with Gasteiger partial charge in [0.05, 0.1) is 18.8 Å². The quantitative estimate of drug-likeness (QED) is 0.0420. The molecule has 0 aliphatic heterocycles. The molecule has 0 aromatic rings. The molecule has 0 fully saturated rings. The SMILES string of the molecule is CCCCCCC/C=C\C/C=C\CCCCCCCCCCCCCCCCCCCCCC(=O)NC(CO)C(O)/C=C/CC/C=C/CC/C=C/CCCCCCCCCCCCCCCCCCCCCCCCC. The smallest absolute Gasteiger partial charge is 0.220 e. The number of amides is 1. The van der Waals surface area contributed by atoms with Gasteiger partial charge >= 0.3 is 0 Å². The molecule has 3 N–H and O–H groups in total. The van der Waals surface area contributed by atoms with Gasteiger partial charge in [-0.25, -0.2) is 0 Å². The molecule has 446 valence electrons. The van der Waals surface area contributed by atoms with Crippen LogP contribution in [-0.2, 0) is 4.79 Å². The highest BCUT2D eigenvalue weighted by molar-refractivity contribution is 5.76. The van der Waals surface area contributed by atoms with E-state index in [1.807, 2.05) is 6.08 Å². The third kappa shape index (κ3) is 62.9. The standard InChI is InChI=1S/C72H135NO3/c1-3-5-7-9-11-13-15-17-19-21-23-25-27-29-31-33-35-36-38-39-41-43-45-47-49-51-53-55-57-59-61-63-65-67-71(75)70(69-74)73-72(76)68-66-64-62-60-58-56-54-52-50-48-46-44-42-40-37-34-32-30-28-26-24-22-20-18-16-14-12-10-8-6-4-2/h16,18,22,24,49,51,57,59,65,67,70-71,74-75H,3-15,17,19-21,23,25-48,50,52-56,58,60-64,66,68-69H2,1-2H3,(H,73,76)/b18-16-,24-22-,51-49+,59-57+,67-65+. The van der Waals surface area contributed by atoms with E-state index in [-0.39, 0.29) is 12.5 Å². The lowest BCUT2D eigenvalue weighted by atomic mass is 10.0. The molecule has 2 unspecified atom stereocenters. The molecule has 0 radical (unpaired) electrons. The van der Waals surface area contributed by atoms with Gasteiger partial charge in [0.2, 0.25) is 5.91 Å². The third-order valence-electron chi connectivity index (χ3n) is 16.0. The fourth-order valence-corrected chi connectivity index (χ4v) is 10.7. The second-order valence-electron chi connectivity index (χ2n) is 23.6. The maximum Gasteiger partial charge on any atom is 0.220 e. The number of nitrogens with one attached hydrogen (secondary N) is 1. The fourth-order valence-electron chi connectivity index (χ4n) is 10.7. The van der Waals surface area contributed by atoms with Crippen LogP contribution in [0, 0.1) is 0 Å². The molecule has 0 aliphatic carbocycles. The first-order valence-corrected chi connectivity index (χ1v) is 34.5. The van der Waals surface area contributed by atoms with Crippen molar-refractivity contribution in [3.05, 3.63) is 60.8 Å². The Balaban J connectivity index is 3.49. The molecule has 0 heterocycles. The largest absolute Gasteiger partial charge is 0.394 e. The zero-order valence-electron chi connectivity index (χ0n) is 51.5. The van der Waals surface area contributed by atoms with Crippen LogP contribution >= 0.6 is 0 Å². The van der Waals surface area contributed by atoms with Gasteiger partial charge in [-0.1, -0.05) is 351 Å². The molecule has 0 aromatic carbocycles. The minimum atomic E-state index is -0.873. The topological polar surface area (TPSA) is 69.6 Å². The molecule has 0 saturated heterocycles. The first kappa shape index (κ1) is 74.1. The Morgan fingerprint density at radius 1 is 0.316 bits per heavy atom. The van der Waals surface area contributed by atoms with Crippen LogP contribution < -0.4 is 5.32 Å². The Bertz CT molecular complexity index is 1250. The second-order valence-corrected chi connectivity index (χ2v) is 23.6. The molecular weight excluding hydrogens is 927 g/mol. The minimum Gasteiger partial charge on any atom is -0.394 e. The lowest BCUT2D eigenvalue weighted by molar-refractivity contribution is -0.123. The van der Waals surface area contributed by atoms with E-state index in [2.05, 4.69) is 67.8 Å². The number of hydrogen-bond acceptors (Lipinski definition) is 3. The number of rotatable bonds is 64. The second kappa shape index (κ2) is 67.4. The molecule has 0 saturated carbocycles. The Morgan fingerprint density at radius 3 is 0.842 bits per heavy atom. The van der Waals surface area contributed by atoms with E-state index >= 15 is 0 Å². The lowest BCUT2D eigenvalue weighted by Crippen LogP contribution is -2.45. The van der Waals surface area contributed by atoms with Gasteiger partial charge in [-0.15, -0.1) is 0 Å². The zero-order valence-corrected chi connectivity index (χ0v) is 51.5. The minimum absolute atomic E-state index is 0.0726. The van der Waals surface area contributed by atoms with Gasteiger partial charge in [0.1, 0.15) is 0 Å². The van der Waals surface area contributed by atoms with Crippen LogP contribution in [0.15, 0.2) is 60.8 Å². The van der Waals surface area contributed by atoms with Crippen molar-refractivity contribution in [1.29, 1.82) is 0 Å². The Labute approximate surface area is 477 Å². The number of unbranched alkanes of at least 4 members (excludes halogenated alkanes) is 49. The molecule has 4 nitrogen and oxygen atoms in total. The van der Waals surface area contributed by atoms with E-state index in [4.69, 9.17) is 0 Å². The number of carbonyl (C=O) groups excluding carboxylic acids is 1. The van der Waals surface area contributed by atoms with E-state index in [0.29, 0.717) is 6.42 Å². The van der Waals surface area contributed by atoms with Crippen molar-refractivity contribution in [3.8, 4) is 0 Å². The van der Waals surface area contributed by atoms with E-state index in [1.165, 1.54) is 308 Å². The predicted molar refractivity (Wildman–Crippen MR) is 341 cm³/mol. The van der Waals surface area contributed by atoms with E-state index < -0.39 is 12.1 Å². The normalized spacial score (nSPS) is 13.1. The summed E-state index contributed by atoms with van der Waals surface area (Å²) in [6.45, 7) is 4.32. The first-order valence-electron chi connectivity index (χ1n) is 34.5. The Hall–Kier alpha value is -1.91. The van der Waals surface area contributed by atoms with Gasteiger partial charge in [0, 0.05) is 6.42 Å². The van der Waals surface area contributed by atoms with Gasteiger partial charge < -0.3 is 15.5 Å². The van der Waals surface area contributed by atoms with Crippen LogP contribution in [0.2, 0.25) is 0 Å². The summed E-state index contributed by atoms with van der Waals surface area (Å²) < 4.78 is 0. The Kier molecular flexibility index (Phi) is 65.7. The molecule has 4 heteroatoms. The summed E-state index contributed by atoms with van der Waals surface area (Å²) in [6.07, 6.45) is 96.0. The third-order valence-corrected chi connectivity index (χ3v) is 16.0. The molecule has 0 rings (SSSR count). The number of aliphatic hydroxyl groups excluding tert-OH is 2. The van der Waals surface area contributed by atoms with Crippen LogP contribution in [0.25, 0.3) is 0 Å². The molecular formula is C72H135NO3. The van der Waals surface area contributed by atoms with Crippen molar-refractivity contribution < 1.29 is 15.0 Å². The van der Waals surface area contributed by atoms with Gasteiger partial charge in [0.25, 0.3) is 0 Å². The van der Waals surface area contributed by atoms with Crippen LogP contribution in [0.1, 0.15) is 373 Å². The monoisotopic (exact) mass is 1060 g/mol. The average molecular weight is 1060 g/mol. The fraction of sp³-hybridized carbons (Fsp3) is 0.847. The molecule has 1 amide bonds. The lowest BCUT2D eigenvalue weighted by Gasteiger charge is -2.19. The summed E-state index contributed by atoms with van der Waals surface area (Å²) in [5.41, 5.74) is 0. The maximum atomic E-state index is 12.5. The molecule has 0 bridgehead atoms. The summed E-state index contributed by atoms with van der Waals surface area (Å²) >= 11 is 0.